The number of anilines is 1. The monoisotopic (exact) mass is 184 g/mol. The molecule has 14 heavy (non-hydrogen) atoms. The van der Waals surface area contributed by atoms with Crippen molar-refractivity contribution in [2.45, 2.75) is 6.42 Å². The van der Waals surface area contributed by atoms with E-state index in [9.17, 15) is 0 Å². The third kappa shape index (κ3) is 1.07. The number of nitrogens with zero attached hydrogens (tertiary/aromatic N) is 2. The molecule has 2 aliphatic heterocycles. The molecule has 0 N–H and O–H groups in total. The molecule has 0 saturated carbocycles. The first-order valence-corrected chi connectivity index (χ1v) is 5.00. The Labute approximate surface area is 83.6 Å². The first-order valence-electron chi connectivity index (χ1n) is 5.00. The van der Waals surface area contributed by atoms with Gasteiger partial charge < -0.3 is 4.90 Å². The second kappa shape index (κ2) is 2.98. The number of fused-ring (bicyclic) bond motifs is 3. The summed E-state index contributed by atoms with van der Waals surface area (Å²) in [6.07, 6.45) is 5.42. The van der Waals surface area contributed by atoms with Crippen LogP contribution in [0.1, 0.15) is 12.0 Å². The van der Waals surface area contributed by atoms with E-state index >= 15 is 0 Å². The summed E-state index contributed by atoms with van der Waals surface area (Å²) in [5.74, 6) is 0. The summed E-state index contributed by atoms with van der Waals surface area (Å²) in [4.78, 5) is 6.80. The lowest BCUT2D eigenvalue weighted by molar-refractivity contribution is 0.948. The van der Waals surface area contributed by atoms with Gasteiger partial charge in [0, 0.05) is 29.7 Å². The van der Waals surface area contributed by atoms with E-state index < -0.39 is 0 Å². The third-order valence-corrected chi connectivity index (χ3v) is 2.79. The first-order chi connectivity index (χ1) is 6.95. The topological polar surface area (TPSA) is 15.6 Å². The van der Waals surface area contributed by atoms with Gasteiger partial charge in [0.15, 0.2) is 0 Å². The van der Waals surface area contributed by atoms with Crippen LogP contribution in [-0.2, 0) is 0 Å². The molecule has 2 heteroatoms. The van der Waals surface area contributed by atoms with Gasteiger partial charge in [-0.1, -0.05) is 24.3 Å². The van der Waals surface area contributed by atoms with Crippen molar-refractivity contribution in [3.8, 4) is 0 Å². The average molecular weight is 184 g/mol. The number of rotatable bonds is 0. The lowest BCUT2D eigenvalue weighted by Crippen LogP contribution is -2.19. The lowest BCUT2D eigenvalue weighted by Gasteiger charge is -2.21. The van der Waals surface area contributed by atoms with Gasteiger partial charge in [0.05, 0.1) is 6.54 Å². The highest BCUT2D eigenvalue weighted by Gasteiger charge is 2.19. The number of aliphatic imine (C=N–C) groups is 1. The van der Waals surface area contributed by atoms with Crippen molar-refractivity contribution in [2.24, 2.45) is 4.99 Å². The van der Waals surface area contributed by atoms with Crippen LogP contribution in [-0.4, -0.2) is 19.3 Å². The molecule has 2 heterocycles. The molecular formula is C12H12N2. The van der Waals surface area contributed by atoms with Crippen LogP contribution in [0.2, 0.25) is 0 Å². The standard InChI is InChI=1S/C12H12N2/c1-2-6-12-10(4-1)8-13-9-11-5-3-7-14(11)12/h1-2,4-6,8H,3,7,9H2. The van der Waals surface area contributed by atoms with Gasteiger partial charge in [0.1, 0.15) is 0 Å². The van der Waals surface area contributed by atoms with E-state index in [1.807, 2.05) is 6.21 Å². The van der Waals surface area contributed by atoms with Gasteiger partial charge in [0.25, 0.3) is 0 Å². The number of benzene rings is 1. The zero-order chi connectivity index (χ0) is 9.38. The van der Waals surface area contributed by atoms with E-state index in [0.717, 1.165) is 19.5 Å². The van der Waals surface area contributed by atoms with Crippen molar-refractivity contribution in [2.75, 3.05) is 18.0 Å². The van der Waals surface area contributed by atoms with Crippen LogP contribution in [0.3, 0.4) is 0 Å². The average Bonchev–Trinajstić information content (AvgIpc) is 2.61. The van der Waals surface area contributed by atoms with E-state index in [2.05, 4.69) is 40.2 Å². The second-order valence-electron chi connectivity index (χ2n) is 3.66. The van der Waals surface area contributed by atoms with Crippen LogP contribution in [0.25, 0.3) is 0 Å². The fraction of sp³-hybridized carbons (Fsp3) is 0.250. The summed E-state index contributed by atoms with van der Waals surface area (Å²) in [5.41, 5.74) is 3.89. The molecule has 2 aliphatic rings. The minimum atomic E-state index is 0.828. The fourth-order valence-electron chi connectivity index (χ4n) is 2.12. The summed E-state index contributed by atoms with van der Waals surface area (Å²) in [6, 6.07) is 8.45. The van der Waals surface area contributed by atoms with Gasteiger partial charge in [-0.15, -0.1) is 0 Å². The highest BCUT2D eigenvalue weighted by Crippen LogP contribution is 2.28. The highest BCUT2D eigenvalue weighted by molar-refractivity contribution is 5.90. The van der Waals surface area contributed by atoms with Crippen molar-refractivity contribution >= 4 is 11.9 Å². The van der Waals surface area contributed by atoms with Crippen LogP contribution in [0.5, 0.6) is 0 Å². The van der Waals surface area contributed by atoms with E-state index in [1.54, 1.807) is 0 Å². The molecular weight excluding hydrogens is 172 g/mol. The van der Waals surface area contributed by atoms with Gasteiger partial charge in [0.2, 0.25) is 0 Å². The van der Waals surface area contributed by atoms with Crippen molar-refractivity contribution < 1.29 is 0 Å². The minimum Gasteiger partial charge on any atom is -0.343 e. The highest BCUT2D eigenvalue weighted by atomic mass is 15.2. The molecule has 0 spiro atoms. The quantitative estimate of drug-likeness (QED) is 0.603. The van der Waals surface area contributed by atoms with E-state index in [4.69, 9.17) is 0 Å². The van der Waals surface area contributed by atoms with Crippen molar-refractivity contribution in [1.29, 1.82) is 0 Å². The Morgan fingerprint density at radius 3 is 3.14 bits per heavy atom. The summed E-state index contributed by atoms with van der Waals surface area (Å²) in [5, 5.41) is 0. The molecule has 0 aliphatic carbocycles. The molecule has 0 fully saturated rings. The summed E-state index contributed by atoms with van der Waals surface area (Å²) in [6.45, 7) is 1.93. The van der Waals surface area contributed by atoms with Crippen LogP contribution in [0, 0.1) is 0 Å². The Kier molecular flexibility index (Phi) is 1.66. The number of para-hydroxylation sites is 1. The fourth-order valence-corrected chi connectivity index (χ4v) is 2.12. The molecule has 0 saturated heterocycles. The number of hydrogen-bond donors (Lipinski definition) is 0. The maximum atomic E-state index is 4.42. The molecule has 0 atom stereocenters. The second-order valence-corrected chi connectivity index (χ2v) is 3.66. The van der Waals surface area contributed by atoms with Crippen LogP contribution in [0.4, 0.5) is 5.69 Å². The predicted molar refractivity (Wildman–Crippen MR) is 58.9 cm³/mol. The van der Waals surface area contributed by atoms with Crippen LogP contribution < -0.4 is 4.90 Å². The van der Waals surface area contributed by atoms with Gasteiger partial charge in [-0.2, -0.15) is 0 Å². The lowest BCUT2D eigenvalue weighted by atomic mass is 10.2. The maximum Gasteiger partial charge on any atom is 0.0788 e. The van der Waals surface area contributed by atoms with Crippen molar-refractivity contribution in [3.63, 3.8) is 0 Å². The summed E-state index contributed by atoms with van der Waals surface area (Å²) < 4.78 is 0. The summed E-state index contributed by atoms with van der Waals surface area (Å²) >= 11 is 0. The molecule has 2 nitrogen and oxygen atoms in total. The molecule has 0 radical (unpaired) electrons. The Morgan fingerprint density at radius 1 is 1.21 bits per heavy atom. The Hall–Kier alpha value is -1.57. The Balaban J connectivity index is 2.16. The summed E-state index contributed by atoms with van der Waals surface area (Å²) in [7, 11) is 0. The predicted octanol–water partition coefficient (Wildman–Crippen LogP) is 2.21. The van der Waals surface area contributed by atoms with Crippen LogP contribution >= 0.6 is 0 Å². The van der Waals surface area contributed by atoms with Gasteiger partial charge in [-0.25, -0.2) is 0 Å². The molecule has 1 aromatic rings. The molecule has 0 unspecified atom stereocenters. The maximum absolute atomic E-state index is 4.42. The molecule has 0 amide bonds. The van der Waals surface area contributed by atoms with Gasteiger partial charge >= 0.3 is 0 Å². The Bertz CT molecular complexity index is 418. The SMILES string of the molecule is C1=NCC2=CCCN2c2ccccc21. The molecule has 3 rings (SSSR count). The molecule has 0 bridgehead atoms. The smallest absolute Gasteiger partial charge is 0.0788 e. The normalized spacial score (nSPS) is 18.6. The van der Waals surface area contributed by atoms with E-state index in [0.29, 0.717) is 0 Å². The van der Waals surface area contributed by atoms with E-state index in [-0.39, 0.29) is 0 Å². The number of hydrogen-bond acceptors (Lipinski definition) is 2. The Morgan fingerprint density at radius 2 is 2.14 bits per heavy atom. The van der Waals surface area contributed by atoms with Gasteiger partial charge in [-0.05, 0) is 12.5 Å². The minimum absolute atomic E-state index is 0.828. The largest absolute Gasteiger partial charge is 0.343 e. The molecule has 1 aromatic carbocycles. The van der Waals surface area contributed by atoms with Crippen molar-refractivity contribution in [3.05, 3.63) is 41.6 Å². The van der Waals surface area contributed by atoms with Crippen molar-refractivity contribution in [1.82, 2.24) is 0 Å². The third-order valence-electron chi connectivity index (χ3n) is 2.79. The first kappa shape index (κ1) is 7.80. The zero-order valence-corrected chi connectivity index (χ0v) is 7.98. The molecule has 0 aromatic heterocycles. The zero-order valence-electron chi connectivity index (χ0n) is 7.98. The van der Waals surface area contributed by atoms with Crippen LogP contribution in [0.15, 0.2) is 41.0 Å². The molecule has 70 valence electrons. The van der Waals surface area contributed by atoms with Gasteiger partial charge in [-0.3, -0.25) is 4.99 Å². The van der Waals surface area contributed by atoms with E-state index in [1.165, 1.54) is 16.9 Å².